The molecule has 0 amide bonds. The molecular weight excluding hydrogens is 232 g/mol. The maximum absolute atomic E-state index is 11.0. The molecular formula is C12H18N4O2. The SMILES string of the molecule is CCc1nc(N2CCN(C)CC2)ncc1C(=O)O. The van der Waals surface area contributed by atoms with Gasteiger partial charge in [0.1, 0.15) is 0 Å². The lowest BCUT2D eigenvalue weighted by Gasteiger charge is -2.32. The van der Waals surface area contributed by atoms with Crippen LogP contribution in [-0.4, -0.2) is 59.2 Å². The van der Waals surface area contributed by atoms with Crippen molar-refractivity contribution in [2.24, 2.45) is 0 Å². The monoisotopic (exact) mass is 250 g/mol. The van der Waals surface area contributed by atoms with Crippen molar-refractivity contribution in [1.82, 2.24) is 14.9 Å². The summed E-state index contributed by atoms with van der Waals surface area (Å²) in [6.45, 7) is 5.62. The molecule has 0 unspecified atom stereocenters. The van der Waals surface area contributed by atoms with Crippen LogP contribution < -0.4 is 4.90 Å². The molecule has 1 fully saturated rings. The van der Waals surface area contributed by atoms with Gasteiger partial charge in [-0.25, -0.2) is 14.8 Å². The molecule has 0 radical (unpaired) electrons. The average Bonchev–Trinajstić information content (AvgIpc) is 2.38. The Hall–Kier alpha value is -1.69. The number of likely N-dealkylation sites (N-methyl/N-ethyl adjacent to an activating group) is 1. The van der Waals surface area contributed by atoms with Gasteiger partial charge in [0.2, 0.25) is 5.95 Å². The molecule has 0 atom stereocenters. The maximum atomic E-state index is 11.0. The summed E-state index contributed by atoms with van der Waals surface area (Å²) in [6, 6.07) is 0. The van der Waals surface area contributed by atoms with Crippen LogP contribution in [0.15, 0.2) is 6.20 Å². The highest BCUT2D eigenvalue weighted by atomic mass is 16.4. The average molecular weight is 250 g/mol. The zero-order valence-electron chi connectivity index (χ0n) is 10.8. The van der Waals surface area contributed by atoms with Crippen molar-refractivity contribution in [1.29, 1.82) is 0 Å². The van der Waals surface area contributed by atoms with E-state index in [1.165, 1.54) is 6.20 Å². The molecule has 0 spiro atoms. The number of rotatable bonds is 3. The highest BCUT2D eigenvalue weighted by Gasteiger charge is 2.19. The fourth-order valence-corrected chi connectivity index (χ4v) is 2.01. The molecule has 18 heavy (non-hydrogen) atoms. The quantitative estimate of drug-likeness (QED) is 0.842. The summed E-state index contributed by atoms with van der Waals surface area (Å²) in [5, 5.41) is 9.03. The number of hydrogen-bond acceptors (Lipinski definition) is 5. The van der Waals surface area contributed by atoms with Gasteiger partial charge in [-0.1, -0.05) is 6.92 Å². The van der Waals surface area contributed by atoms with Crippen molar-refractivity contribution in [3.63, 3.8) is 0 Å². The number of aryl methyl sites for hydroxylation is 1. The second kappa shape index (κ2) is 5.30. The molecule has 1 aliphatic heterocycles. The minimum Gasteiger partial charge on any atom is -0.478 e. The van der Waals surface area contributed by atoms with Gasteiger partial charge in [-0.2, -0.15) is 0 Å². The predicted molar refractivity (Wildman–Crippen MR) is 68.1 cm³/mol. The molecule has 2 rings (SSSR count). The van der Waals surface area contributed by atoms with E-state index in [1.54, 1.807) is 0 Å². The largest absolute Gasteiger partial charge is 0.478 e. The molecule has 6 nitrogen and oxygen atoms in total. The smallest absolute Gasteiger partial charge is 0.339 e. The zero-order chi connectivity index (χ0) is 13.1. The molecule has 98 valence electrons. The lowest BCUT2D eigenvalue weighted by Crippen LogP contribution is -2.45. The van der Waals surface area contributed by atoms with Crippen LogP contribution in [0.2, 0.25) is 0 Å². The number of anilines is 1. The molecule has 1 aliphatic rings. The number of carboxylic acid groups (broad SMARTS) is 1. The van der Waals surface area contributed by atoms with E-state index in [0.717, 1.165) is 26.2 Å². The summed E-state index contributed by atoms with van der Waals surface area (Å²) in [7, 11) is 2.09. The highest BCUT2D eigenvalue weighted by molar-refractivity contribution is 5.88. The van der Waals surface area contributed by atoms with Gasteiger partial charge in [0, 0.05) is 32.4 Å². The first-order valence-electron chi connectivity index (χ1n) is 6.14. The van der Waals surface area contributed by atoms with Crippen LogP contribution in [0, 0.1) is 0 Å². The minimum atomic E-state index is -0.961. The number of piperazine rings is 1. The third-order valence-electron chi connectivity index (χ3n) is 3.21. The zero-order valence-corrected chi connectivity index (χ0v) is 10.8. The van der Waals surface area contributed by atoms with E-state index in [-0.39, 0.29) is 5.56 Å². The summed E-state index contributed by atoms with van der Waals surface area (Å²) in [5.41, 5.74) is 0.807. The minimum absolute atomic E-state index is 0.204. The van der Waals surface area contributed by atoms with E-state index in [1.807, 2.05) is 6.92 Å². The Morgan fingerprint density at radius 1 is 1.39 bits per heavy atom. The molecule has 0 aliphatic carbocycles. The van der Waals surface area contributed by atoms with Crippen LogP contribution in [0.1, 0.15) is 23.0 Å². The van der Waals surface area contributed by atoms with Crippen LogP contribution in [0.25, 0.3) is 0 Å². The molecule has 2 heterocycles. The Morgan fingerprint density at radius 3 is 2.61 bits per heavy atom. The van der Waals surface area contributed by atoms with E-state index in [0.29, 0.717) is 18.1 Å². The number of carbonyl (C=O) groups is 1. The molecule has 1 saturated heterocycles. The van der Waals surface area contributed by atoms with E-state index in [4.69, 9.17) is 5.11 Å². The van der Waals surface area contributed by atoms with E-state index in [2.05, 4.69) is 26.8 Å². The van der Waals surface area contributed by atoms with Crippen molar-refractivity contribution in [2.45, 2.75) is 13.3 Å². The van der Waals surface area contributed by atoms with Gasteiger partial charge >= 0.3 is 5.97 Å². The normalized spacial score (nSPS) is 16.9. The topological polar surface area (TPSA) is 69.6 Å². The first kappa shape index (κ1) is 12.8. The van der Waals surface area contributed by atoms with Crippen LogP contribution in [0.4, 0.5) is 5.95 Å². The standard InChI is InChI=1S/C12H18N4O2/c1-3-10-9(11(17)18)8-13-12(14-10)16-6-4-15(2)5-7-16/h8H,3-7H2,1-2H3,(H,17,18). The second-order valence-electron chi connectivity index (χ2n) is 4.48. The Bertz CT molecular complexity index is 442. The molecule has 0 bridgehead atoms. The van der Waals surface area contributed by atoms with Crippen molar-refractivity contribution in [3.05, 3.63) is 17.5 Å². The number of aromatic carboxylic acids is 1. The third kappa shape index (κ3) is 2.59. The Morgan fingerprint density at radius 2 is 2.06 bits per heavy atom. The van der Waals surface area contributed by atoms with E-state index >= 15 is 0 Å². The van der Waals surface area contributed by atoms with Crippen LogP contribution in [-0.2, 0) is 6.42 Å². The van der Waals surface area contributed by atoms with Crippen molar-refractivity contribution >= 4 is 11.9 Å². The summed E-state index contributed by atoms with van der Waals surface area (Å²) in [5.74, 6) is -0.318. The Balaban J connectivity index is 2.22. The van der Waals surface area contributed by atoms with Crippen molar-refractivity contribution in [2.75, 3.05) is 38.1 Å². The number of nitrogens with zero attached hydrogens (tertiary/aromatic N) is 4. The Kier molecular flexibility index (Phi) is 3.76. The third-order valence-corrected chi connectivity index (χ3v) is 3.21. The van der Waals surface area contributed by atoms with Gasteiger partial charge in [-0.3, -0.25) is 0 Å². The number of aromatic nitrogens is 2. The van der Waals surface area contributed by atoms with Crippen LogP contribution >= 0.6 is 0 Å². The molecule has 0 saturated carbocycles. The molecule has 1 aromatic rings. The van der Waals surface area contributed by atoms with Gasteiger partial charge in [0.05, 0.1) is 11.3 Å². The molecule has 0 aromatic carbocycles. The van der Waals surface area contributed by atoms with Gasteiger partial charge in [-0.05, 0) is 13.5 Å². The van der Waals surface area contributed by atoms with Gasteiger partial charge < -0.3 is 14.9 Å². The van der Waals surface area contributed by atoms with Crippen LogP contribution in [0.3, 0.4) is 0 Å². The van der Waals surface area contributed by atoms with E-state index < -0.39 is 5.97 Å². The summed E-state index contributed by atoms with van der Waals surface area (Å²) >= 11 is 0. The van der Waals surface area contributed by atoms with E-state index in [9.17, 15) is 4.79 Å². The van der Waals surface area contributed by atoms with Gasteiger partial charge in [-0.15, -0.1) is 0 Å². The predicted octanol–water partition coefficient (Wildman–Crippen LogP) is 0.489. The first-order valence-corrected chi connectivity index (χ1v) is 6.14. The second-order valence-corrected chi connectivity index (χ2v) is 4.48. The number of hydrogen-bond donors (Lipinski definition) is 1. The lowest BCUT2D eigenvalue weighted by atomic mass is 10.2. The molecule has 1 N–H and O–H groups in total. The fraction of sp³-hybridized carbons (Fsp3) is 0.583. The van der Waals surface area contributed by atoms with Gasteiger partial charge in [0.25, 0.3) is 0 Å². The van der Waals surface area contributed by atoms with Crippen molar-refractivity contribution in [3.8, 4) is 0 Å². The molecule has 1 aromatic heterocycles. The van der Waals surface area contributed by atoms with Crippen LogP contribution in [0.5, 0.6) is 0 Å². The van der Waals surface area contributed by atoms with Gasteiger partial charge in [0.15, 0.2) is 0 Å². The summed E-state index contributed by atoms with van der Waals surface area (Å²) in [6.07, 6.45) is 2.02. The summed E-state index contributed by atoms with van der Waals surface area (Å²) in [4.78, 5) is 23.9. The fourth-order valence-electron chi connectivity index (χ4n) is 2.01. The highest BCUT2D eigenvalue weighted by Crippen LogP contribution is 2.14. The molecule has 6 heteroatoms. The number of carboxylic acids is 1. The first-order chi connectivity index (χ1) is 8.61. The van der Waals surface area contributed by atoms with Crippen molar-refractivity contribution < 1.29 is 9.90 Å². The lowest BCUT2D eigenvalue weighted by molar-refractivity contribution is 0.0694. The Labute approximate surface area is 106 Å². The maximum Gasteiger partial charge on any atom is 0.339 e. The summed E-state index contributed by atoms with van der Waals surface area (Å²) < 4.78 is 0.